The summed E-state index contributed by atoms with van der Waals surface area (Å²) in [6, 6.07) is 9.20. The summed E-state index contributed by atoms with van der Waals surface area (Å²) in [7, 11) is 0. The van der Waals surface area contributed by atoms with Crippen LogP contribution in [0.25, 0.3) is 0 Å². The van der Waals surface area contributed by atoms with Crippen LogP contribution in [0.4, 0.5) is 0 Å². The van der Waals surface area contributed by atoms with Crippen LogP contribution < -0.4 is 5.32 Å². The molecule has 0 bridgehead atoms. The largest absolute Gasteiger partial charge is 0.314 e. The Morgan fingerprint density at radius 3 is 2.62 bits per heavy atom. The second-order valence-corrected chi connectivity index (χ2v) is 5.00. The maximum atomic E-state index is 3.60. The Morgan fingerprint density at radius 1 is 1.25 bits per heavy atom. The first kappa shape index (κ1) is 13.7. The van der Waals surface area contributed by atoms with Crippen LogP contribution in [0.3, 0.4) is 0 Å². The third-order valence-corrected chi connectivity index (χ3v) is 3.72. The number of hydrogen-bond acceptors (Lipinski definition) is 1. The lowest BCUT2D eigenvalue weighted by molar-refractivity contribution is 0.467. The third kappa shape index (κ3) is 4.67. The van der Waals surface area contributed by atoms with Gasteiger partial charge in [-0.1, -0.05) is 48.0 Å². The van der Waals surface area contributed by atoms with Crippen LogP contribution in [-0.2, 0) is 6.42 Å². The van der Waals surface area contributed by atoms with Crippen LogP contribution >= 0.6 is 15.9 Å². The summed E-state index contributed by atoms with van der Waals surface area (Å²) in [4.78, 5) is 0. The predicted octanol–water partition coefficient (Wildman–Crippen LogP) is 4.16. The van der Waals surface area contributed by atoms with Crippen molar-refractivity contribution in [1.29, 1.82) is 0 Å². The minimum Gasteiger partial charge on any atom is -0.314 e. The molecule has 1 unspecified atom stereocenters. The molecule has 16 heavy (non-hydrogen) atoms. The Balaban J connectivity index is 2.32. The first-order valence-corrected chi connectivity index (χ1v) is 7.04. The zero-order chi connectivity index (χ0) is 11.8. The summed E-state index contributed by atoms with van der Waals surface area (Å²) < 4.78 is 1.24. The Bertz CT molecular complexity index is 299. The Labute approximate surface area is 108 Å². The van der Waals surface area contributed by atoms with Crippen LogP contribution in [-0.4, -0.2) is 12.6 Å². The molecule has 0 amide bonds. The normalized spacial score (nSPS) is 12.7. The third-order valence-electron chi connectivity index (χ3n) is 2.94. The van der Waals surface area contributed by atoms with Crippen molar-refractivity contribution in [3.63, 3.8) is 0 Å². The maximum Gasteiger partial charge on any atom is 0.0207 e. The zero-order valence-corrected chi connectivity index (χ0v) is 11.9. The van der Waals surface area contributed by atoms with Crippen molar-refractivity contribution in [3.05, 3.63) is 34.3 Å². The highest BCUT2D eigenvalue weighted by atomic mass is 79.9. The molecule has 90 valence electrons. The SMILES string of the molecule is CCNC(CC)CCCc1ccccc1Br. The van der Waals surface area contributed by atoms with E-state index in [1.54, 1.807) is 0 Å². The quantitative estimate of drug-likeness (QED) is 0.792. The molecule has 1 aromatic carbocycles. The zero-order valence-electron chi connectivity index (χ0n) is 10.3. The van der Waals surface area contributed by atoms with E-state index in [-0.39, 0.29) is 0 Å². The monoisotopic (exact) mass is 283 g/mol. The van der Waals surface area contributed by atoms with Crippen LogP contribution in [0.1, 0.15) is 38.7 Å². The van der Waals surface area contributed by atoms with Gasteiger partial charge in [0.15, 0.2) is 0 Å². The Hall–Kier alpha value is -0.340. The predicted molar refractivity (Wildman–Crippen MR) is 74.8 cm³/mol. The highest BCUT2D eigenvalue weighted by Crippen LogP contribution is 2.18. The van der Waals surface area contributed by atoms with E-state index in [0.717, 1.165) is 6.54 Å². The Kier molecular flexibility index (Phi) is 6.74. The number of benzene rings is 1. The minimum absolute atomic E-state index is 0.687. The molecule has 1 rings (SSSR count). The fourth-order valence-electron chi connectivity index (χ4n) is 1.98. The van der Waals surface area contributed by atoms with Crippen molar-refractivity contribution in [1.82, 2.24) is 5.32 Å². The fourth-order valence-corrected chi connectivity index (χ4v) is 2.46. The molecule has 1 atom stereocenters. The van der Waals surface area contributed by atoms with E-state index in [0.29, 0.717) is 6.04 Å². The molecule has 0 heterocycles. The number of aryl methyl sites for hydroxylation is 1. The molecular formula is C14H22BrN. The second kappa shape index (κ2) is 7.86. The van der Waals surface area contributed by atoms with Gasteiger partial charge in [-0.2, -0.15) is 0 Å². The average molecular weight is 284 g/mol. The summed E-state index contributed by atoms with van der Waals surface area (Å²) in [5, 5.41) is 3.52. The molecule has 0 spiro atoms. The van der Waals surface area contributed by atoms with Gasteiger partial charge in [-0.05, 0) is 43.9 Å². The van der Waals surface area contributed by atoms with Gasteiger partial charge in [0.2, 0.25) is 0 Å². The molecule has 0 radical (unpaired) electrons. The summed E-state index contributed by atoms with van der Waals surface area (Å²) in [5.74, 6) is 0. The molecule has 0 saturated carbocycles. The van der Waals surface area contributed by atoms with E-state index in [1.165, 1.54) is 35.7 Å². The molecular weight excluding hydrogens is 262 g/mol. The van der Waals surface area contributed by atoms with Gasteiger partial charge in [0.25, 0.3) is 0 Å². The maximum absolute atomic E-state index is 3.60. The van der Waals surface area contributed by atoms with Crippen molar-refractivity contribution in [2.75, 3.05) is 6.54 Å². The topological polar surface area (TPSA) is 12.0 Å². The fraction of sp³-hybridized carbons (Fsp3) is 0.571. The van der Waals surface area contributed by atoms with Crippen LogP contribution in [0.15, 0.2) is 28.7 Å². The molecule has 0 saturated heterocycles. The van der Waals surface area contributed by atoms with E-state index in [9.17, 15) is 0 Å². The van der Waals surface area contributed by atoms with Gasteiger partial charge in [-0.15, -0.1) is 0 Å². The summed E-state index contributed by atoms with van der Waals surface area (Å²) in [6.45, 7) is 5.51. The first-order valence-electron chi connectivity index (χ1n) is 6.24. The number of rotatable bonds is 7. The number of nitrogens with one attached hydrogen (secondary N) is 1. The number of hydrogen-bond donors (Lipinski definition) is 1. The molecule has 1 N–H and O–H groups in total. The molecule has 2 heteroatoms. The molecule has 0 aliphatic heterocycles. The van der Waals surface area contributed by atoms with Crippen LogP contribution in [0, 0.1) is 0 Å². The van der Waals surface area contributed by atoms with Crippen LogP contribution in [0.5, 0.6) is 0 Å². The van der Waals surface area contributed by atoms with E-state index < -0.39 is 0 Å². The van der Waals surface area contributed by atoms with Crippen molar-refractivity contribution in [2.45, 2.75) is 45.6 Å². The first-order chi connectivity index (χ1) is 7.77. The lowest BCUT2D eigenvalue weighted by Gasteiger charge is -2.15. The average Bonchev–Trinajstić information content (AvgIpc) is 2.30. The second-order valence-electron chi connectivity index (χ2n) is 4.15. The smallest absolute Gasteiger partial charge is 0.0207 e. The standard InChI is InChI=1S/C14H22BrN/c1-3-13(16-4-2)10-7-9-12-8-5-6-11-14(12)15/h5-6,8,11,13,16H,3-4,7,9-10H2,1-2H3. The molecule has 0 aliphatic carbocycles. The molecule has 1 nitrogen and oxygen atoms in total. The molecule has 1 aromatic rings. The van der Waals surface area contributed by atoms with E-state index in [1.807, 2.05) is 0 Å². The van der Waals surface area contributed by atoms with Gasteiger partial charge in [0, 0.05) is 10.5 Å². The number of halogens is 1. The van der Waals surface area contributed by atoms with Gasteiger partial charge >= 0.3 is 0 Å². The van der Waals surface area contributed by atoms with Gasteiger partial charge in [-0.3, -0.25) is 0 Å². The molecule has 0 aromatic heterocycles. The van der Waals surface area contributed by atoms with E-state index >= 15 is 0 Å². The van der Waals surface area contributed by atoms with Gasteiger partial charge in [-0.25, -0.2) is 0 Å². The van der Waals surface area contributed by atoms with E-state index in [2.05, 4.69) is 59.4 Å². The Morgan fingerprint density at radius 2 is 2.00 bits per heavy atom. The summed E-state index contributed by atoms with van der Waals surface area (Å²) in [6.07, 6.45) is 4.92. The van der Waals surface area contributed by atoms with Crippen molar-refractivity contribution in [2.24, 2.45) is 0 Å². The summed E-state index contributed by atoms with van der Waals surface area (Å²) in [5.41, 5.74) is 1.42. The van der Waals surface area contributed by atoms with Crippen molar-refractivity contribution < 1.29 is 0 Å². The molecule has 0 aliphatic rings. The van der Waals surface area contributed by atoms with Crippen LogP contribution in [0.2, 0.25) is 0 Å². The molecule has 0 fully saturated rings. The van der Waals surface area contributed by atoms with Gasteiger partial charge in [0.1, 0.15) is 0 Å². The van der Waals surface area contributed by atoms with Gasteiger partial charge < -0.3 is 5.32 Å². The van der Waals surface area contributed by atoms with Gasteiger partial charge in [0.05, 0.1) is 0 Å². The minimum atomic E-state index is 0.687. The van der Waals surface area contributed by atoms with Crippen molar-refractivity contribution in [3.8, 4) is 0 Å². The highest BCUT2D eigenvalue weighted by molar-refractivity contribution is 9.10. The lowest BCUT2D eigenvalue weighted by atomic mass is 10.0. The highest BCUT2D eigenvalue weighted by Gasteiger charge is 2.04. The van der Waals surface area contributed by atoms with Crippen molar-refractivity contribution >= 4 is 15.9 Å². The lowest BCUT2D eigenvalue weighted by Crippen LogP contribution is -2.28. The summed E-state index contributed by atoms with van der Waals surface area (Å²) >= 11 is 3.60. The van der Waals surface area contributed by atoms with E-state index in [4.69, 9.17) is 0 Å².